The Morgan fingerprint density at radius 2 is 2.23 bits per heavy atom. The van der Waals surface area contributed by atoms with Gasteiger partial charge in [0.2, 0.25) is 0 Å². The lowest BCUT2D eigenvalue weighted by molar-refractivity contribution is 0.0944. The molecule has 2 atom stereocenters. The van der Waals surface area contributed by atoms with Gasteiger partial charge in [-0.15, -0.1) is 0 Å². The molecule has 4 rings (SSSR count). The standard InChI is InChI=1S/C16H15BrFN3O/c17-13-14(8-4-5-8)20-21-15(13)16(22)19-12-7-11(12)9-2-1-3-10(18)6-9/h1-3,6,8,11-12H,4-5,7H2,(H,19,22)(H,20,21)/t11-,12+/m0/s1. The van der Waals surface area contributed by atoms with Gasteiger partial charge in [0.1, 0.15) is 5.82 Å². The van der Waals surface area contributed by atoms with Gasteiger partial charge in [0.05, 0.1) is 10.2 Å². The highest BCUT2D eigenvalue weighted by Gasteiger charge is 2.40. The lowest BCUT2D eigenvalue weighted by atomic mass is 10.1. The first kappa shape index (κ1) is 13.9. The van der Waals surface area contributed by atoms with Crippen molar-refractivity contribution in [2.75, 3.05) is 0 Å². The van der Waals surface area contributed by atoms with E-state index in [0.29, 0.717) is 11.6 Å². The number of carbonyl (C=O) groups excluding carboxylic acids is 1. The van der Waals surface area contributed by atoms with Gasteiger partial charge in [-0.3, -0.25) is 9.89 Å². The number of rotatable bonds is 4. The predicted octanol–water partition coefficient (Wildman–Crippen LogP) is 3.47. The molecule has 0 aliphatic heterocycles. The number of nitrogens with zero attached hydrogens (tertiary/aromatic N) is 1. The van der Waals surface area contributed by atoms with E-state index in [2.05, 4.69) is 31.4 Å². The van der Waals surface area contributed by atoms with Crippen LogP contribution >= 0.6 is 15.9 Å². The van der Waals surface area contributed by atoms with E-state index in [1.807, 2.05) is 6.07 Å². The largest absolute Gasteiger partial charge is 0.347 e. The lowest BCUT2D eigenvalue weighted by Crippen LogP contribution is -2.27. The minimum Gasteiger partial charge on any atom is -0.347 e. The van der Waals surface area contributed by atoms with Gasteiger partial charge in [-0.2, -0.15) is 5.10 Å². The molecule has 0 spiro atoms. The Balaban J connectivity index is 1.43. The number of hydrogen-bond donors (Lipinski definition) is 2. The molecule has 2 aliphatic rings. The molecule has 0 saturated heterocycles. The molecule has 0 radical (unpaired) electrons. The molecule has 4 nitrogen and oxygen atoms in total. The summed E-state index contributed by atoms with van der Waals surface area (Å²) in [5.74, 6) is 0.280. The number of hydrogen-bond acceptors (Lipinski definition) is 2. The van der Waals surface area contributed by atoms with E-state index in [4.69, 9.17) is 0 Å². The number of amides is 1. The van der Waals surface area contributed by atoms with Crippen molar-refractivity contribution < 1.29 is 9.18 Å². The topological polar surface area (TPSA) is 57.8 Å². The lowest BCUT2D eigenvalue weighted by Gasteiger charge is -2.04. The van der Waals surface area contributed by atoms with E-state index in [9.17, 15) is 9.18 Å². The molecule has 2 saturated carbocycles. The Hall–Kier alpha value is -1.69. The fourth-order valence-corrected chi connectivity index (χ4v) is 3.51. The van der Waals surface area contributed by atoms with Gasteiger partial charge < -0.3 is 5.32 Å². The van der Waals surface area contributed by atoms with E-state index in [1.165, 1.54) is 12.1 Å². The van der Waals surface area contributed by atoms with E-state index in [1.54, 1.807) is 6.07 Å². The molecule has 1 heterocycles. The Morgan fingerprint density at radius 3 is 2.95 bits per heavy atom. The molecule has 22 heavy (non-hydrogen) atoms. The fourth-order valence-electron chi connectivity index (χ4n) is 2.83. The zero-order valence-corrected chi connectivity index (χ0v) is 13.4. The third kappa shape index (κ3) is 2.56. The van der Waals surface area contributed by atoms with Gasteiger partial charge in [-0.25, -0.2) is 4.39 Å². The number of carbonyl (C=O) groups is 1. The van der Waals surface area contributed by atoms with Crippen LogP contribution in [0.15, 0.2) is 28.7 Å². The van der Waals surface area contributed by atoms with E-state index >= 15 is 0 Å². The van der Waals surface area contributed by atoms with E-state index < -0.39 is 0 Å². The summed E-state index contributed by atoms with van der Waals surface area (Å²) in [6.45, 7) is 0. The summed E-state index contributed by atoms with van der Waals surface area (Å²) in [5, 5.41) is 10.1. The summed E-state index contributed by atoms with van der Waals surface area (Å²) in [6.07, 6.45) is 3.13. The Labute approximate surface area is 135 Å². The Bertz CT molecular complexity index is 741. The molecule has 2 N–H and O–H groups in total. The number of benzene rings is 1. The smallest absolute Gasteiger partial charge is 0.273 e. The van der Waals surface area contributed by atoms with E-state index in [0.717, 1.165) is 35.0 Å². The number of H-pyrrole nitrogens is 1. The molecule has 2 aliphatic carbocycles. The van der Waals surface area contributed by atoms with Crippen molar-refractivity contribution in [1.29, 1.82) is 0 Å². The zero-order chi connectivity index (χ0) is 15.3. The van der Waals surface area contributed by atoms with Gasteiger partial charge in [0, 0.05) is 17.9 Å². The van der Waals surface area contributed by atoms with Crippen LogP contribution in [0.25, 0.3) is 0 Å². The van der Waals surface area contributed by atoms with Crippen molar-refractivity contribution in [3.63, 3.8) is 0 Å². The van der Waals surface area contributed by atoms with Crippen molar-refractivity contribution in [3.05, 3.63) is 51.5 Å². The van der Waals surface area contributed by atoms with Gasteiger partial charge in [0.15, 0.2) is 5.69 Å². The quantitative estimate of drug-likeness (QED) is 0.873. The minimum absolute atomic E-state index is 0.0577. The molecule has 2 aromatic rings. The Morgan fingerprint density at radius 1 is 1.41 bits per heavy atom. The summed E-state index contributed by atoms with van der Waals surface area (Å²) in [6, 6.07) is 6.62. The second-order valence-electron chi connectivity index (χ2n) is 6.05. The number of aromatic nitrogens is 2. The minimum atomic E-state index is -0.237. The highest BCUT2D eigenvalue weighted by molar-refractivity contribution is 9.10. The van der Waals surface area contributed by atoms with Crippen LogP contribution in [0.5, 0.6) is 0 Å². The number of aromatic amines is 1. The molecule has 2 fully saturated rings. The molecule has 1 aromatic heterocycles. The SMILES string of the molecule is O=C(N[C@@H]1C[C@H]1c1cccc(F)c1)c1n[nH]c(C2CC2)c1Br. The maximum absolute atomic E-state index is 13.2. The summed E-state index contributed by atoms with van der Waals surface area (Å²) in [5.41, 5.74) is 2.36. The third-order valence-electron chi connectivity index (χ3n) is 4.32. The normalized spacial score (nSPS) is 23.4. The van der Waals surface area contributed by atoms with Crippen LogP contribution in [-0.4, -0.2) is 22.1 Å². The first-order valence-corrected chi connectivity index (χ1v) is 8.23. The first-order chi connectivity index (χ1) is 10.6. The average molecular weight is 364 g/mol. The average Bonchev–Trinajstić information content (AvgIpc) is 3.40. The molecule has 6 heteroatoms. The molecule has 114 valence electrons. The van der Waals surface area contributed by atoms with Crippen molar-refractivity contribution in [1.82, 2.24) is 15.5 Å². The zero-order valence-electron chi connectivity index (χ0n) is 11.8. The molecule has 0 unspecified atom stereocenters. The predicted molar refractivity (Wildman–Crippen MR) is 83.3 cm³/mol. The van der Waals surface area contributed by atoms with Crippen LogP contribution in [0, 0.1) is 5.82 Å². The highest BCUT2D eigenvalue weighted by Crippen LogP contribution is 2.44. The number of nitrogens with one attached hydrogen (secondary N) is 2. The molecular formula is C16H15BrFN3O. The van der Waals surface area contributed by atoms with Crippen LogP contribution < -0.4 is 5.32 Å². The fraction of sp³-hybridized carbons (Fsp3) is 0.375. The summed E-state index contributed by atoms with van der Waals surface area (Å²) < 4.78 is 14.0. The monoisotopic (exact) mass is 363 g/mol. The van der Waals surface area contributed by atoms with Gasteiger partial charge in [0.25, 0.3) is 5.91 Å². The van der Waals surface area contributed by atoms with Gasteiger partial charge in [-0.1, -0.05) is 12.1 Å². The van der Waals surface area contributed by atoms with Crippen LogP contribution in [-0.2, 0) is 0 Å². The number of halogens is 2. The molecular weight excluding hydrogens is 349 g/mol. The summed E-state index contributed by atoms with van der Waals surface area (Å²) >= 11 is 3.47. The van der Waals surface area contributed by atoms with Gasteiger partial charge >= 0.3 is 0 Å². The van der Waals surface area contributed by atoms with E-state index in [-0.39, 0.29) is 23.7 Å². The summed E-state index contributed by atoms with van der Waals surface area (Å²) in [4.78, 5) is 12.3. The highest BCUT2D eigenvalue weighted by atomic mass is 79.9. The van der Waals surface area contributed by atoms with Crippen LogP contribution in [0.1, 0.15) is 52.8 Å². The van der Waals surface area contributed by atoms with Crippen molar-refractivity contribution >= 4 is 21.8 Å². The molecule has 0 bridgehead atoms. The first-order valence-electron chi connectivity index (χ1n) is 7.43. The van der Waals surface area contributed by atoms with Crippen molar-refractivity contribution in [3.8, 4) is 0 Å². The van der Waals surface area contributed by atoms with Crippen molar-refractivity contribution in [2.24, 2.45) is 0 Å². The van der Waals surface area contributed by atoms with Gasteiger partial charge in [-0.05, 0) is 52.9 Å². The third-order valence-corrected chi connectivity index (χ3v) is 5.12. The second-order valence-corrected chi connectivity index (χ2v) is 6.84. The molecule has 1 amide bonds. The van der Waals surface area contributed by atoms with Crippen LogP contribution in [0.4, 0.5) is 4.39 Å². The second kappa shape index (κ2) is 5.19. The van der Waals surface area contributed by atoms with Crippen LogP contribution in [0.3, 0.4) is 0 Å². The van der Waals surface area contributed by atoms with Crippen LogP contribution in [0.2, 0.25) is 0 Å². The maximum Gasteiger partial charge on any atom is 0.273 e. The Kier molecular flexibility index (Phi) is 3.29. The molecule has 1 aromatic carbocycles. The maximum atomic E-state index is 13.2. The summed E-state index contributed by atoms with van der Waals surface area (Å²) in [7, 11) is 0. The van der Waals surface area contributed by atoms with Crippen molar-refractivity contribution in [2.45, 2.75) is 37.1 Å².